The molecule has 5 nitrogen and oxygen atoms in total. The summed E-state index contributed by atoms with van der Waals surface area (Å²) in [4.78, 5) is 32.3. The summed E-state index contributed by atoms with van der Waals surface area (Å²) in [5, 5.41) is 0. The average Bonchev–Trinajstić information content (AvgIpc) is 3.17. The molecule has 3 heterocycles. The largest absolute Gasteiger partial charge is 0.419 e. The van der Waals surface area contributed by atoms with Crippen molar-refractivity contribution in [2.75, 3.05) is 32.7 Å². The predicted molar refractivity (Wildman–Crippen MR) is 106 cm³/mol. The molecule has 3 aliphatic rings. The smallest absolute Gasteiger partial charge is 0.338 e. The molecule has 1 saturated heterocycles. The van der Waals surface area contributed by atoms with E-state index in [-0.39, 0.29) is 43.3 Å². The highest BCUT2D eigenvalue weighted by Gasteiger charge is 2.41. The van der Waals surface area contributed by atoms with Gasteiger partial charge in [0.05, 0.1) is 12.1 Å². The number of carbonyl (C=O) groups is 2. The Morgan fingerprint density at radius 3 is 2.38 bits per heavy atom. The summed E-state index contributed by atoms with van der Waals surface area (Å²) in [6, 6.07) is 1.70. The summed E-state index contributed by atoms with van der Waals surface area (Å²) < 4.78 is 67.5. The summed E-state index contributed by atoms with van der Waals surface area (Å²) >= 11 is 0. The van der Waals surface area contributed by atoms with E-state index < -0.39 is 29.3 Å². The zero-order chi connectivity index (χ0) is 23.2. The second-order valence-electron chi connectivity index (χ2n) is 8.33. The van der Waals surface area contributed by atoms with Gasteiger partial charge >= 0.3 is 6.18 Å². The molecule has 0 aromatic heterocycles. The predicted octanol–water partition coefficient (Wildman–Crippen LogP) is 3.69. The quantitative estimate of drug-likeness (QED) is 0.639. The van der Waals surface area contributed by atoms with Crippen LogP contribution in [0.3, 0.4) is 0 Å². The van der Waals surface area contributed by atoms with Crippen LogP contribution in [0.15, 0.2) is 28.3 Å². The number of rotatable bonds is 2. The molecule has 0 radical (unpaired) electrons. The van der Waals surface area contributed by atoms with E-state index in [2.05, 4.69) is 4.99 Å². The fourth-order valence-electron chi connectivity index (χ4n) is 4.69. The minimum absolute atomic E-state index is 0.0805. The molecule has 0 saturated carbocycles. The lowest BCUT2D eigenvalue weighted by Crippen LogP contribution is -2.44. The molecule has 3 aliphatic heterocycles. The second kappa shape index (κ2) is 8.29. The Kier molecular flexibility index (Phi) is 5.81. The van der Waals surface area contributed by atoms with Crippen LogP contribution >= 0.6 is 0 Å². The molecule has 0 spiro atoms. The van der Waals surface area contributed by atoms with E-state index in [0.29, 0.717) is 37.8 Å². The molecule has 32 heavy (non-hydrogen) atoms. The summed E-state index contributed by atoms with van der Waals surface area (Å²) in [6.45, 7) is 3.16. The van der Waals surface area contributed by atoms with Crippen LogP contribution in [0.2, 0.25) is 0 Å². The lowest BCUT2D eigenvalue weighted by atomic mass is 9.85. The fourth-order valence-corrected chi connectivity index (χ4v) is 4.69. The molecular formula is C22H22F5N3O2. The zero-order valence-electron chi connectivity index (χ0n) is 17.4. The highest BCUT2D eigenvalue weighted by Crippen LogP contribution is 2.41. The number of alkyl halides is 3. The molecule has 0 aliphatic carbocycles. The first-order valence-corrected chi connectivity index (χ1v) is 10.4. The number of hydrogen-bond donors (Lipinski definition) is 0. The maximum absolute atomic E-state index is 14.0. The molecule has 0 atom stereocenters. The van der Waals surface area contributed by atoms with E-state index in [4.69, 9.17) is 0 Å². The lowest BCUT2D eigenvalue weighted by Gasteiger charge is -2.34. The third-order valence-electron chi connectivity index (χ3n) is 6.45. The Morgan fingerprint density at radius 2 is 1.75 bits per heavy atom. The van der Waals surface area contributed by atoms with Crippen LogP contribution < -0.4 is 0 Å². The van der Waals surface area contributed by atoms with E-state index in [9.17, 15) is 31.5 Å². The van der Waals surface area contributed by atoms with Gasteiger partial charge in [-0.15, -0.1) is 0 Å². The van der Waals surface area contributed by atoms with Gasteiger partial charge in [-0.1, -0.05) is 6.07 Å². The minimum atomic E-state index is -5.01. The third-order valence-corrected chi connectivity index (χ3v) is 6.45. The maximum Gasteiger partial charge on any atom is 0.419 e. The van der Waals surface area contributed by atoms with Crippen molar-refractivity contribution in [2.45, 2.75) is 38.3 Å². The van der Waals surface area contributed by atoms with Crippen molar-refractivity contribution in [2.24, 2.45) is 4.99 Å². The van der Waals surface area contributed by atoms with Crippen molar-refractivity contribution in [3.63, 3.8) is 0 Å². The Labute approximate surface area is 181 Å². The Balaban J connectivity index is 1.47. The number of benzene rings is 1. The first-order valence-electron chi connectivity index (χ1n) is 10.4. The molecule has 0 unspecified atom stereocenters. The minimum Gasteiger partial charge on any atom is -0.338 e. The van der Waals surface area contributed by atoms with E-state index in [1.165, 1.54) is 11.8 Å². The van der Waals surface area contributed by atoms with Gasteiger partial charge in [0.25, 0.3) is 5.91 Å². The third kappa shape index (κ3) is 4.02. The number of amides is 2. The normalized spacial score (nSPS) is 19.9. The second-order valence-corrected chi connectivity index (χ2v) is 8.33. The van der Waals surface area contributed by atoms with Gasteiger partial charge in [-0.25, -0.2) is 8.78 Å². The summed E-state index contributed by atoms with van der Waals surface area (Å²) in [5.74, 6) is -4.46. The van der Waals surface area contributed by atoms with Crippen LogP contribution in [-0.4, -0.2) is 60.0 Å². The number of carbonyl (C=O) groups excluding carboxylic acids is 2. The van der Waals surface area contributed by atoms with Crippen LogP contribution in [0.4, 0.5) is 22.0 Å². The molecule has 1 aromatic rings. The van der Waals surface area contributed by atoms with Gasteiger partial charge in [0.15, 0.2) is 11.6 Å². The van der Waals surface area contributed by atoms with Gasteiger partial charge in [-0.05, 0) is 42.4 Å². The zero-order valence-corrected chi connectivity index (χ0v) is 17.4. The standard InChI is InChI=1S/C22H22F5N3O2/c1-12(31)30-9-6-14-10-28-20(16(14)11-30)21(32)29-7-4-13(5-8-29)15-2-3-17(23)19(24)18(15)22(25,26)27/h2-3,13H,4-11H2,1H3. The molecule has 4 rings (SSSR count). The number of likely N-dealkylation sites (tertiary alicyclic amines) is 1. The Bertz CT molecular complexity index is 1020. The molecule has 2 amide bonds. The van der Waals surface area contributed by atoms with Gasteiger partial charge in [-0.2, -0.15) is 13.2 Å². The van der Waals surface area contributed by atoms with E-state index in [0.717, 1.165) is 17.2 Å². The van der Waals surface area contributed by atoms with Gasteiger partial charge in [0, 0.05) is 38.7 Å². The van der Waals surface area contributed by atoms with E-state index in [1.807, 2.05) is 0 Å². The van der Waals surface area contributed by atoms with Gasteiger partial charge in [0.1, 0.15) is 5.71 Å². The topological polar surface area (TPSA) is 53.0 Å². The van der Waals surface area contributed by atoms with E-state index >= 15 is 0 Å². The molecule has 1 fully saturated rings. The fraction of sp³-hybridized carbons (Fsp3) is 0.500. The van der Waals surface area contributed by atoms with Gasteiger partial charge in [-0.3, -0.25) is 14.6 Å². The van der Waals surface area contributed by atoms with Crippen LogP contribution in [0, 0.1) is 11.6 Å². The highest BCUT2D eigenvalue weighted by atomic mass is 19.4. The summed E-state index contributed by atoms with van der Waals surface area (Å²) in [6.07, 6.45) is -3.97. The number of aliphatic imine (C=N–C) groups is 1. The number of piperidine rings is 1. The number of halogens is 5. The van der Waals surface area contributed by atoms with Crippen LogP contribution in [0.5, 0.6) is 0 Å². The number of hydrogen-bond acceptors (Lipinski definition) is 3. The molecule has 172 valence electrons. The molecule has 1 aromatic carbocycles. The monoisotopic (exact) mass is 455 g/mol. The van der Waals surface area contributed by atoms with Crippen LogP contribution in [0.25, 0.3) is 0 Å². The molecule has 0 bridgehead atoms. The Morgan fingerprint density at radius 1 is 1.06 bits per heavy atom. The number of nitrogens with zero attached hydrogens (tertiary/aromatic N) is 3. The van der Waals surface area contributed by atoms with Crippen molar-refractivity contribution in [3.8, 4) is 0 Å². The maximum atomic E-state index is 14.0. The van der Waals surface area contributed by atoms with Crippen LogP contribution in [0.1, 0.15) is 43.2 Å². The van der Waals surface area contributed by atoms with Crippen LogP contribution in [-0.2, 0) is 15.8 Å². The first kappa shape index (κ1) is 22.4. The lowest BCUT2D eigenvalue weighted by molar-refractivity contribution is -0.141. The van der Waals surface area contributed by atoms with Crippen molar-refractivity contribution in [1.82, 2.24) is 9.80 Å². The average molecular weight is 455 g/mol. The SMILES string of the molecule is CC(=O)N1CCC2=C(C1)C(C(=O)N1CCC(c3ccc(F)c(F)c3C(F)(F)F)CC1)=NC2. The Hall–Kier alpha value is -2.78. The summed E-state index contributed by atoms with van der Waals surface area (Å²) in [5.41, 5.74) is 0.268. The van der Waals surface area contributed by atoms with Crippen molar-refractivity contribution in [1.29, 1.82) is 0 Å². The van der Waals surface area contributed by atoms with E-state index in [1.54, 1.807) is 4.90 Å². The van der Waals surface area contributed by atoms with Crippen molar-refractivity contribution >= 4 is 17.5 Å². The molecule has 0 N–H and O–H groups in total. The molecular weight excluding hydrogens is 433 g/mol. The highest BCUT2D eigenvalue weighted by molar-refractivity contribution is 6.46. The first-order chi connectivity index (χ1) is 15.1. The summed E-state index contributed by atoms with van der Waals surface area (Å²) in [7, 11) is 0. The van der Waals surface area contributed by atoms with Gasteiger partial charge < -0.3 is 9.80 Å². The van der Waals surface area contributed by atoms with Crippen molar-refractivity contribution < 1.29 is 31.5 Å². The van der Waals surface area contributed by atoms with Gasteiger partial charge in [0.2, 0.25) is 5.91 Å². The van der Waals surface area contributed by atoms with Crippen molar-refractivity contribution in [3.05, 3.63) is 46.0 Å². The molecule has 10 heteroatoms.